The van der Waals surface area contributed by atoms with E-state index >= 15 is 0 Å². The highest BCUT2D eigenvalue weighted by Crippen LogP contribution is 2.14. The normalized spacial score (nSPS) is 17.3. The highest BCUT2D eigenvalue weighted by atomic mass is 19.1. The van der Waals surface area contributed by atoms with Gasteiger partial charge in [-0.1, -0.05) is 12.1 Å². The van der Waals surface area contributed by atoms with Crippen molar-refractivity contribution in [3.8, 4) is 0 Å². The van der Waals surface area contributed by atoms with E-state index in [1.807, 2.05) is 12.1 Å². The molecule has 2 nitrogen and oxygen atoms in total. The Bertz CT molecular complexity index is 361. The summed E-state index contributed by atoms with van der Waals surface area (Å²) < 4.78 is 18.6. The summed E-state index contributed by atoms with van der Waals surface area (Å²) in [6.45, 7) is 5.29. The minimum Gasteiger partial charge on any atom is -0.381 e. The van der Waals surface area contributed by atoms with Crippen LogP contribution in [0.2, 0.25) is 0 Å². The molecule has 1 aromatic rings. The van der Waals surface area contributed by atoms with Crippen LogP contribution in [-0.4, -0.2) is 19.8 Å². The first-order valence-corrected chi connectivity index (χ1v) is 6.29. The summed E-state index contributed by atoms with van der Waals surface area (Å²) in [5.74, 6) is 0.592. The predicted octanol–water partition coefficient (Wildman–Crippen LogP) is 2.65. The molecule has 0 unspecified atom stereocenters. The second-order valence-electron chi connectivity index (χ2n) is 4.77. The van der Waals surface area contributed by atoms with E-state index in [9.17, 15) is 4.39 Å². The van der Waals surface area contributed by atoms with Crippen LogP contribution in [0.15, 0.2) is 18.2 Å². The predicted molar refractivity (Wildman–Crippen MR) is 66.4 cm³/mol. The van der Waals surface area contributed by atoms with Crippen molar-refractivity contribution in [3.63, 3.8) is 0 Å². The Morgan fingerprint density at radius 3 is 2.82 bits per heavy atom. The van der Waals surface area contributed by atoms with E-state index in [0.717, 1.165) is 44.7 Å². The van der Waals surface area contributed by atoms with E-state index < -0.39 is 0 Å². The molecule has 94 valence electrons. The summed E-state index contributed by atoms with van der Waals surface area (Å²) >= 11 is 0. The number of halogens is 1. The van der Waals surface area contributed by atoms with Crippen molar-refractivity contribution < 1.29 is 9.13 Å². The lowest BCUT2D eigenvalue weighted by atomic mass is 10.0. The van der Waals surface area contributed by atoms with Crippen molar-refractivity contribution in [2.24, 2.45) is 5.92 Å². The molecule has 0 amide bonds. The average molecular weight is 237 g/mol. The summed E-state index contributed by atoms with van der Waals surface area (Å²) in [7, 11) is 0. The summed E-state index contributed by atoms with van der Waals surface area (Å²) in [6, 6.07) is 5.43. The van der Waals surface area contributed by atoms with E-state index in [0.29, 0.717) is 11.5 Å². The summed E-state index contributed by atoms with van der Waals surface area (Å²) in [5, 5.41) is 3.40. The van der Waals surface area contributed by atoms with Gasteiger partial charge in [-0.25, -0.2) is 4.39 Å². The molecule has 17 heavy (non-hydrogen) atoms. The van der Waals surface area contributed by atoms with Crippen molar-refractivity contribution in [1.82, 2.24) is 5.32 Å². The third-order valence-electron chi connectivity index (χ3n) is 3.34. The van der Waals surface area contributed by atoms with Crippen molar-refractivity contribution in [3.05, 3.63) is 35.1 Å². The molecule has 0 atom stereocenters. The summed E-state index contributed by atoms with van der Waals surface area (Å²) in [4.78, 5) is 0. The van der Waals surface area contributed by atoms with Gasteiger partial charge in [0, 0.05) is 19.8 Å². The van der Waals surface area contributed by atoms with E-state index in [4.69, 9.17) is 4.74 Å². The Hall–Kier alpha value is -0.930. The summed E-state index contributed by atoms with van der Waals surface area (Å²) in [6.07, 6.45) is 2.27. The summed E-state index contributed by atoms with van der Waals surface area (Å²) in [5.41, 5.74) is 1.72. The van der Waals surface area contributed by atoms with Gasteiger partial charge in [-0.05, 0) is 49.4 Å². The molecular formula is C14H20FNO. The van der Waals surface area contributed by atoms with E-state index in [1.54, 1.807) is 13.0 Å². The average Bonchev–Trinajstić information content (AvgIpc) is 2.35. The third kappa shape index (κ3) is 3.79. The lowest BCUT2D eigenvalue weighted by molar-refractivity contribution is 0.0662. The molecule has 0 radical (unpaired) electrons. The zero-order chi connectivity index (χ0) is 12.1. The van der Waals surface area contributed by atoms with Crippen LogP contribution < -0.4 is 5.32 Å². The SMILES string of the molecule is Cc1ccc(CNCC2CCOCC2)cc1F. The van der Waals surface area contributed by atoms with Gasteiger partial charge in [-0.15, -0.1) is 0 Å². The fourth-order valence-electron chi connectivity index (χ4n) is 2.12. The van der Waals surface area contributed by atoms with Crippen LogP contribution in [0, 0.1) is 18.7 Å². The first-order valence-electron chi connectivity index (χ1n) is 6.29. The van der Waals surface area contributed by atoms with Crippen LogP contribution in [-0.2, 0) is 11.3 Å². The van der Waals surface area contributed by atoms with Gasteiger partial charge in [0.1, 0.15) is 5.82 Å². The van der Waals surface area contributed by atoms with Crippen LogP contribution in [0.3, 0.4) is 0 Å². The first kappa shape index (κ1) is 12.5. The molecule has 1 aliphatic rings. The lowest BCUT2D eigenvalue weighted by Crippen LogP contribution is -2.27. The number of aryl methyl sites for hydroxylation is 1. The monoisotopic (exact) mass is 237 g/mol. The van der Waals surface area contributed by atoms with Gasteiger partial charge in [0.05, 0.1) is 0 Å². The molecule has 1 aliphatic heterocycles. The molecule has 1 fully saturated rings. The Kier molecular flexibility index (Phi) is 4.51. The van der Waals surface area contributed by atoms with Crippen molar-refractivity contribution in [2.45, 2.75) is 26.3 Å². The number of benzene rings is 1. The zero-order valence-corrected chi connectivity index (χ0v) is 10.3. The van der Waals surface area contributed by atoms with Gasteiger partial charge in [0.25, 0.3) is 0 Å². The van der Waals surface area contributed by atoms with Crippen molar-refractivity contribution in [1.29, 1.82) is 0 Å². The molecule has 0 bridgehead atoms. The molecule has 1 saturated heterocycles. The van der Waals surface area contributed by atoms with Gasteiger partial charge >= 0.3 is 0 Å². The quantitative estimate of drug-likeness (QED) is 0.869. The highest BCUT2D eigenvalue weighted by Gasteiger charge is 2.12. The molecule has 1 aromatic carbocycles. The van der Waals surface area contributed by atoms with Gasteiger partial charge in [-0.3, -0.25) is 0 Å². The second-order valence-corrected chi connectivity index (χ2v) is 4.77. The molecule has 3 heteroatoms. The number of hydrogen-bond donors (Lipinski definition) is 1. The van der Waals surface area contributed by atoms with Gasteiger partial charge < -0.3 is 10.1 Å². The first-order chi connectivity index (χ1) is 8.25. The van der Waals surface area contributed by atoms with Crippen LogP contribution in [0.25, 0.3) is 0 Å². The maximum absolute atomic E-state index is 13.3. The van der Waals surface area contributed by atoms with E-state index in [2.05, 4.69) is 5.32 Å². The third-order valence-corrected chi connectivity index (χ3v) is 3.34. The Balaban J connectivity index is 1.75. The van der Waals surface area contributed by atoms with Crippen LogP contribution >= 0.6 is 0 Å². The maximum atomic E-state index is 13.3. The minimum atomic E-state index is -0.115. The van der Waals surface area contributed by atoms with Crippen LogP contribution in [0.5, 0.6) is 0 Å². The maximum Gasteiger partial charge on any atom is 0.126 e. The minimum absolute atomic E-state index is 0.115. The Morgan fingerprint density at radius 2 is 2.12 bits per heavy atom. The standard InChI is InChI=1S/C14H20FNO/c1-11-2-3-13(8-14(11)15)10-16-9-12-4-6-17-7-5-12/h2-3,8,12,16H,4-7,9-10H2,1H3. The topological polar surface area (TPSA) is 21.3 Å². The number of nitrogens with one attached hydrogen (secondary N) is 1. The van der Waals surface area contributed by atoms with Crippen molar-refractivity contribution >= 4 is 0 Å². The number of ether oxygens (including phenoxy) is 1. The number of hydrogen-bond acceptors (Lipinski definition) is 2. The molecule has 1 N–H and O–H groups in total. The molecule has 2 rings (SSSR count). The van der Waals surface area contributed by atoms with E-state index in [1.165, 1.54) is 0 Å². The van der Waals surface area contributed by atoms with Gasteiger partial charge in [0.15, 0.2) is 0 Å². The highest BCUT2D eigenvalue weighted by molar-refractivity contribution is 5.23. The molecular weight excluding hydrogens is 217 g/mol. The Morgan fingerprint density at radius 1 is 1.35 bits per heavy atom. The molecule has 0 aliphatic carbocycles. The zero-order valence-electron chi connectivity index (χ0n) is 10.3. The number of rotatable bonds is 4. The molecule has 1 heterocycles. The Labute approximate surface area is 102 Å². The van der Waals surface area contributed by atoms with E-state index in [-0.39, 0.29) is 5.82 Å². The largest absolute Gasteiger partial charge is 0.381 e. The fraction of sp³-hybridized carbons (Fsp3) is 0.571. The molecule has 0 spiro atoms. The molecule has 0 saturated carbocycles. The van der Waals surface area contributed by atoms with Gasteiger partial charge in [0.2, 0.25) is 0 Å². The van der Waals surface area contributed by atoms with Crippen molar-refractivity contribution in [2.75, 3.05) is 19.8 Å². The lowest BCUT2D eigenvalue weighted by Gasteiger charge is -2.22. The molecule has 0 aromatic heterocycles. The second kappa shape index (κ2) is 6.12. The van der Waals surface area contributed by atoms with Gasteiger partial charge in [-0.2, -0.15) is 0 Å². The smallest absolute Gasteiger partial charge is 0.126 e. The van der Waals surface area contributed by atoms with Crippen LogP contribution in [0.1, 0.15) is 24.0 Å². The van der Waals surface area contributed by atoms with Crippen LogP contribution in [0.4, 0.5) is 4.39 Å². The fourth-order valence-corrected chi connectivity index (χ4v) is 2.12.